The summed E-state index contributed by atoms with van der Waals surface area (Å²) in [4.78, 5) is 26.2. The maximum absolute atomic E-state index is 12.8. The van der Waals surface area contributed by atoms with Gasteiger partial charge in [0.1, 0.15) is 5.58 Å². The average molecular weight is 390 g/mol. The van der Waals surface area contributed by atoms with Crippen molar-refractivity contribution < 1.29 is 14.0 Å². The quantitative estimate of drug-likeness (QED) is 0.660. The molecule has 1 aliphatic heterocycles. The van der Waals surface area contributed by atoms with Gasteiger partial charge in [-0.1, -0.05) is 23.2 Å². The summed E-state index contributed by atoms with van der Waals surface area (Å²) < 4.78 is 5.71. The number of furan rings is 1. The Morgan fingerprint density at radius 3 is 2.69 bits per heavy atom. The van der Waals surface area contributed by atoms with Gasteiger partial charge in [0, 0.05) is 40.8 Å². The lowest BCUT2D eigenvalue weighted by atomic mass is 10.1. The molecule has 2 aromatic carbocycles. The van der Waals surface area contributed by atoms with Gasteiger partial charge in [0.05, 0.1) is 10.7 Å². The molecule has 26 heavy (non-hydrogen) atoms. The van der Waals surface area contributed by atoms with Crippen LogP contribution in [0.2, 0.25) is 10.0 Å². The van der Waals surface area contributed by atoms with Crippen LogP contribution in [0, 0.1) is 0 Å². The molecule has 0 radical (unpaired) electrons. The normalized spacial score (nSPS) is 14.1. The van der Waals surface area contributed by atoms with Gasteiger partial charge in [-0.15, -0.1) is 0 Å². The van der Waals surface area contributed by atoms with Gasteiger partial charge in [0.25, 0.3) is 0 Å². The highest BCUT2D eigenvalue weighted by Crippen LogP contribution is 2.34. The van der Waals surface area contributed by atoms with E-state index in [2.05, 4.69) is 5.32 Å². The van der Waals surface area contributed by atoms with Crippen molar-refractivity contribution in [3.63, 3.8) is 0 Å². The lowest BCUT2D eigenvalue weighted by molar-refractivity contribution is 0.101. The van der Waals surface area contributed by atoms with Crippen molar-refractivity contribution in [2.45, 2.75) is 0 Å². The summed E-state index contributed by atoms with van der Waals surface area (Å²) in [6.45, 7) is 1.14. The minimum atomic E-state index is -0.430. The van der Waals surface area contributed by atoms with E-state index in [0.29, 0.717) is 34.8 Å². The Morgan fingerprint density at radius 2 is 2.00 bits per heavy atom. The van der Waals surface area contributed by atoms with Crippen molar-refractivity contribution in [2.75, 3.05) is 23.7 Å². The number of carbonyl (C=O) groups is 2. The third kappa shape index (κ3) is 2.67. The van der Waals surface area contributed by atoms with Gasteiger partial charge in [0.15, 0.2) is 5.76 Å². The first-order valence-electron chi connectivity index (χ1n) is 7.83. The van der Waals surface area contributed by atoms with Gasteiger partial charge in [-0.3, -0.25) is 9.69 Å². The zero-order valence-electron chi connectivity index (χ0n) is 13.4. The summed E-state index contributed by atoms with van der Waals surface area (Å²) >= 11 is 12.0. The van der Waals surface area contributed by atoms with Crippen LogP contribution in [0.5, 0.6) is 0 Å². The highest BCUT2D eigenvalue weighted by molar-refractivity contribution is 6.37. The van der Waals surface area contributed by atoms with Crippen molar-refractivity contribution in [2.24, 2.45) is 0 Å². The zero-order valence-corrected chi connectivity index (χ0v) is 14.9. The molecule has 0 bridgehead atoms. The lowest BCUT2D eigenvalue weighted by Crippen LogP contribution is -2.27. The van der Waals surface area contributed by atoms with Gasteiger partial charge in [-0.25, -0.2) is 4.79 Å². The molecule has 2 heterocycles. The molecule has 3 aromatic rings. The number of rotatable bonds is 3. The molecule has 0 atom stereocenters. The molecule has 1 saturated heterocycles. The predicted molar refractivity (Wildman–Crippen MR) is 101 cm³/mol. The second-order valence-corrected chi connectivity index (χ2v) is 6.71. The van der Waals surface area contributed by atoms with E-state index in [0.717, 1.165) is 0 Å². The van der Waals surface area contributed by atoms with E-state index in [9.17, 15) is 9.59 Å². The minimum Gasteiger partial charge on any atom is -0.450 e. The molecule has 0 unspecified atom stereocenters. The van der Waals surface area contributed by atoms with Crippen LogP contribution in [0.4, 0.5) is 16.2 Å². The van der Waals surface area contributed by atoms with E-state index < -0.39 is 5.78 Å². The summed E-state index contributed by atoms with van der Waals surface area (Å²) in [7, 11) is 0. The zero-order chi connectivity index (χ0) is 18.4. The van der Waals surface area contributed by atoms with Crippen LogP contribution in [-0.2, 0) is 0 Å². The van der Waals surface area contributed by atoms with E-state index >= 15 is 0 Å². The van der Waals surface area contributed by atoms with Gasteiger partial charge in [-0.05, 0) is 30.3 Å². The van der Waals surface area contributed by atoms with Crippen molar-refractivity contribution in [3.8, 4) is 0 Å². The third-order valence-electron chi connectivity index (χ3n) is 4.26. The molecule has 0 spiro atoms. The molecule has 1 fully saturated rings. The molecule has 1 aromatic heterocycles. The molecule has 3 N–H and O–H groups in total. The topological polar surface area (TPSA) is 88.6 Å². The minimum absolute atomic E-state index is 0.00671. The van der Waals surface area contributed by atoms with Gasteiger partial charge in [-0.2, -0.15) is 0 Å². The summed E-state index contributed by atoms with van der Waals surface area (Å²) in [6, 6.07) is 9.60. The predicted octanol–water partition coefficient (Wildman–Crippen LogP) is 4.08. The van der Waals surface area contributed by atoms with Crippen LogP contribution in [0.25, 0.3) is 11.0 Å². The number of hydrogen-bond donors (Lipinski definition) is 2. The number of anilines is 2. The van der Waals surface area contributed by atoms with E-state index in [-0.39, 0.29) is 28.1 Å². The van der Waals surface area contributed by atoms with E-state index in [1.54, 1.807) is 29.2 Å². The number of nitrogens with zero attached hydrogens (tertiary/aromatic N) is 1. The average Bonchev–Trinajstić information content (AvgIpc) is 3.17. The number of amides is 2. The summed E-state index contributed by atoms with van der Waals surface area (Å²) in [6.07, 6.45) is 0. The molecular formula is C18H13Cl2N3O3. The number of benzene rings is 2. The maximum Gasteiger partial charge on any atom is 0.321 e. The van der Waals surface area contributed by atoms with Gasteiger partial charge in [0.2, 0.25) is 5.78 Å². The Hall–Kier alpha value is -2.70. The first kappa shape index (κ1) is 16.8. The van der Waals surface area contributed by atoms with Crippen molar-refractivity contribution in [1.29, 1.82) is 0 Å². The number of urea groups is 1. The van der Waals surface area contributed by atoms with E-state index in [4.69, 9.17) is 33.4 Å². The number of hydrogen-bond acceptors (Lipinski definition) is 4. The van der Waals surface area contributed by atoms with Crippen molar-refractivity contribution in [1.82, 2.24) is 5.32 Å². The van der Waals surface area contributed by atoms with Crippen LogP contribution >= 0.6 is 23.2 Å². The molecule has 4 rings (SSSR count). The van der Waals surface area contributed by atoms with E-state index in [1.165, 1.54) is 12.1 Å². The number of halogens is 2. The smallest absolute Gasteiger partial charge is 0.321 e. The Balaban J connectivity index is 1.77. The molecule has 0 saturated carbocycles. The SMILES string of the molecule is Nc1c(C(=O)c2ccc(Cl)cc2Cl)oc2cc(N3CCNC3=O)ccc12. The largest absolute Gasteiger partial charge is 0.450 e. The fraction of sp³-hybridized carbons (Fsp3) is 0.111. The highest BCUT2D eigenvalue weighted by Gasteiger charge is 2.25. The van der Waals surface area contributed by atoms with Crippen LogP contribution in [-0.4, -0.2) is 24.9 Å². The van der Waals surface area contributed by atoms with E-state index in [1.807, 2.05) is 0 Å². The number of ketones is 1. The molecule has 132 valence electrons. The number of nitrogens with two attached hydrogens (primary N) is 1. The number of carbonyl (C=O) groups excluding carboxylic acids is 2. The van der Waals surface area contributed by atoms with Gasteiger partial charge < -0.3 is 15.5 Å². The maximum atomic E-state index is 12.8. The molecule has 1 aliphatic rings. The second kappa shape index (κ2) is 6.23. The first-order chi connectivity index (χ1) is 12.5. The fourth-order valence-corrected chi connectivity index (χ4v) is 3.45. The molecule has 6 nitrogen and oxygen atoms in total. The Kier molecular flexibility index (Phi) is 4.01. The molecular weight excluding hydrogens is 377 g/mol. The van der Waals surface area contributed by atoms with Crippen LogP contribution in [0.15, 0.2) is 40.8 Å². The number of nitrogens with one attached hydrogen (secondary N) is 1. The monoisotopic (exact) mass is 389 g/mol. The lowest BCUT2D eigenvalue weighted by Gasteiger charge is -2.13. The van der Waals surface area contributed by atoms with Crippen molar-refractivity contribution >= 4 is 57.4 Å². The summed E-state index contributed by atoms with van der Waals surface area (Å²) in [5, 5.41) is 3.98. The first-order valence-corrected chi connectivity index (χ1v) is 8.58. The van der Waals surface area contributed by atoms with Crippen LogP contribution in [0.3, 0.4) is 0 Å². The van der Waals surface area contributed by atoms with Crippen molar-refractivity contribution in [3.05, 3.63) is 57.8 Å². The highest BCUT2D eigenvalue weighted by atomic mass is 35.5. The number of fused-ring (bicyclic) bond motifs is 1. The number of nitrogen functional groups attached to an aromatic ring is 1. The van der Waals surface area contributed by atoms with Gasteiger partial charge >= 0.3 is 6.03 Å². The van der Waals surface area contributed by atoms with Crippen LogP contribution < -0.4 is 16.0 Å². The summed E-state index contributed by atoms with van der Waals surface area (Å²) in [5.74, 6) is -0.423. The van der Waals surface area contributed by atoms with Crippen LogP contribution in [0.1, 0.15) is 16.1 Å². The molecule has 0 aliphatic carbocycles. The Morgan fingerprint density at radius 1 is 1.19 bits per heavy atom. The standard InChI is InChI=1S/C18H13Cl2N3O3/c19-9-1-3-11(13(20)7-9)16(24)17-15(21)12-4-2-10(8-14(12)26-17)23-6-5-22-18(23)25/h1-4,7-8H,5-6,21H2,(H,22,25). The Labute approximate surface area is 158 Å². The Bertz CT molecular complexity index is 1060. The second-order valence-electron chi connectivity index (χ2n) is 5.86. The molecule has 2 amide bonds. The molecule has 8 heteroatoms. The summed E-state index contributed by atoms with van der Waals surface area (Å²) in [5.41, 5.74) is 7.69. The third-order valence-corrected chi connectivity index (χ3v) is 4.81. The fourth-order valence-electron chi connectivity index (χ4n) is 2.96.